The second kappa shape index (κ2) is 10.6. The number of nitrogens with one attached hydrogen (secondary N) is 1. The topological polar surface area (TPSA) is 54.5 Å². The highest BCUT2D eigenvalue weighted by Crippen LogP contribution is 2.25. The van der Waals surface area contributed by atoms with Crippen molar-refractivity contribution < 1.29 is 18.3 Å². The molecule has 1 heterocycles. The maximum absolute atomic E-state index is 14.2. The normalized spacial score (nSPS) is 14.0. The second-order valence-electron chi connectivity index (χ2n) is 6.26. The lowest BCUT2D eigenvalue weighted by Gasteiger charge is -2.14. The maximum Gasteiger partial charge on any atom is 0.254 e. The van der Waals surface area contributed by atoms with Crippen LogP contribution in [0, 0.1) is 0 Å². The lowest BCUT2D eigenvalue weighted by Crippen LogP contribution is -2.35. The first-order valence-electron chi connectivity index (χ1n) is 8.54. The van der Waals surface area contributed by atoms with Crippen LogP contribution in [0.25, 0.3) is 10.2 Å². The summed E-state index contributed by atoms with van der Waals surface area (Å²) in [6.07, 6.45) is 0.696. The molecule has 2 rings (SSSR count). The molecule has 9 heteroatoms. The molecule has 1 N–H and O–H groups in total. The first-order chi connectivity index (χ1) is 13.3. The molecule has 1 atom stereocenters. The van der Waals surface area contributed by atoms with Crippen LogP contribution in [0.1, 0.15) is 11.9 Å². The van der Waals surface area contributed by atoms with Gasteiger partial charge < -0.3 is 10.1 Å². The molecule has 28 heavy (non-hydrogen) atoms. The number of nitrogens with zero attached hydrogens (tertiary/aromatic N) is 2. The number of aromatic nitrogens is 1. The molecule has 0 spiro atoms. The first-order valence-corrected chi connectivity index (χ1v) is 9.73. The predicted molar refractivity (Wildman–Crippen MR) is 109 cm³/mol. The van der Waals surface area contributed by atoms with E-state index in [9.17, 15) is 13.6 Å². The van der Waals surface area contributed by atoms with Crippen LogP contribution in [-0.4, -0.2) is 49.3 Å². The zero-order chi connectivity index (χ0) is 20.7. The molecule has 0 saturated heterocycles. The summed E-state index contributed by atoms with van der Waals surface area (Å²) in [5.41, 5.74) is 0.257. The number of alkyl halides is 1. The number of hydrogen-bond donors (Lipinski definition) is 1. The van der Waals surface area contributed by atoms with E-state index in [2.05, 4.69) is 10.3 Å². The zero-order valence-corrected chi connectivity index (χ0v) is 17.4. The fourth-order valence-corrected chi connectivity index (χ4v) is 3.32. The second-order valence-corrected chi connectivity index (χ2v) is 7.81. The van der Waals surface area contributed by atoms with Crippen LogP contribution >= 0.6 is 22.9 Å². The Bertz CT molecular complexity index is 881. The number of rotatable bonds is 9. The quantitative estimate of drug-likeness (QED) is 0.280. The monoisotopic (exact) mass is 429 g/mol. The smallest absolute Gasteiger partial charge is 0.254 e. The average molecular weight is 430 g/mol. The minimum atomic E-state index is -1.73. The number of carbonyl (C=O) groups excluding carboxylic acids is 1. The van der Waals surface area contributed by atoms with Gasteiger partial charge in [-0.15, -0.1) is 11.3 Å². The van der Waals surface area contributed by atoms with Crippen LogP contribution in [-0.2, 0) is 16.1 Å². The van der Waals surface area contributed by atoms with Gasteiger partial charge in [-0.1, -0.05) is 17.7 Å². The van der Waals surface area contributed by atoms with Crippen molar-refractivity contribution in [3.05, 3.63) is 51.8 Å². The largest absolute Gasteiger partial charge is 0.370 e. The lowest BCUT2D eigenvalue weighted by atomic mass is 10.1. The summed E-state index contributed by atoms with van der Waals surface area (Å²) in [5, 5.41) is 3.83. The van der Waals surface area contributed by atoms with Crippen LogP contribution in [0.2, 0.25) is 5.02 Å². The van der Waals surface area contributed by atoms with E-state index in [4.69, 9.17) is 16.3 Å². The van der Waals surface area contributed by atoms with E-state index >= 15 is 0 Å². The fraction of sp³-hybridized carbons (Fsp3) is 0.368. The van der Waals surface area contributed by atoms with Crippen LogP contribution in [0.3, 0.4) is 0 Å². The Morgan fingerprint density at radius 1 is 1.46 bits per heavy atom. The predicted octanol–water partition coefficient (Wildman–Crippen LogP) is 4.24. The van der Waals surface area contributed by atoms with Gasteiger partial charge in [0.15, 0.2) is 0 Å². The van der Waals surface area contributed by atoms with Crippen molar-refractivity contribution in [2.45, 2.75) is 19.7 Å². The van der Waals surface area contributed by atoms with Crippen molar-refractivity contribution in [2.75, 3.05) is 27.4 Å². The summed E-state index contributed by atoms with van der Waals surface area (Å²) in [7, 11) is 3.46. The Labute approximate surface area is 171 Å². The van der Waals surface area contributed by atoms with Gasteiger partial charge in [0.05, 0.1) is 35.7 Å². The lowest BCUT2D eigenvalue weighted by molar-refractivity contribution is -0.118. The maximum atomic E-state index is 14.2. The third-order valence-electron chi connectivity index (χ3n) is 3.55. The number of fused-ring (bicyclic) bond motifs is 1. The van der Waals surface area contributed by atoms with Gasteiger partial charge in [0, 0.05) is 5.02 Å². The van der Waals surface area contributed by atoms with Gasteiger partial charge in [0.25, 0.3) is 5.91 Å². The highest BCUT2D eigenvalue weighted by molar-refractivity contribution is 7.18. The third-order valence-corrected chi connectivity index (χ3v) is 4.80. The zero-order valence-electron chi connectivity index (χ0n) is 15.8. The molecule has 1 unspecified atom stereocenters. The van der Waals surface area contributed by atoms with Gasteiger partial charge in [-0.05, 0) is 45.3 Å². The van der Waals surface area contributed by atoms with Gasteiger partial charge in [0.1, 0.15) is 17.0 Å². The molecule has 0 aliphatic carbocycles. The van der Waals surface area contributed by atoms with Crippen molar-refractivity contribution in [2.24, 2.45) is 0 Å². The molecule has 1 aromatic heterocycles. The van der Waals surface area contributed by atoms with Gasteiger partial charge in [0.2, 0.25) is 0 Å². The summed E-state index contributed by atoms with van der Waals surface area (Å²) < 4.78 is 34.3. The molecule has 0 aliphatic heterocycles. The summed E-state index contributed by atoms with van der Waals surface area (Å²) in [5.74, 6) is -1.70. The highest BCUT2D eigenvalue weighted by atomic mass is 35.5. The van der Waals surface area contributed by atoms with E-state index in [1.807, 2.05) is 6.07 Å². The van der Waals surface area contributed by atoms with E-state index in [-0.39, 0.29) is 19.9 Å². The van der Waals surface area contributed by atoms with Crippen molar-refractivity contribution in [3.8, 4) is 0 Å². The van der Waals surface area contributed by atoms with Crippen LogP contribution in [0.5, 0.6) is 0 Å². The number of hydrogen-bond acceptors (Lipinski definition) is 5. The Morgan fingerprint density at radius 3 is 2.89 bits per heavy atom. The van der Waals surface area contributed by atoms with Gasteiger partial charge >= 0.3 is 0 Å². The molecule has 0 radical (unpaired) electrons. The molecular weight excluding hydrogens is 408 g/mol. The van der Waals surface area contributed by atoms with Crippen molar-refractivity contribution in [1.82, 2.24) is 15.2 Å². The van der Waals surface area contributed by atoms with E-state index in [0.717, 1.165) is 28.2 Å². The average Bonchev–Trinajstić information content (AvgIpc) is 3.01. The minimum Gasteiger partial charge on any atom is -0.370 e. The van der Waals surface area contributed by atoms with Crippen molar-refractivity contribution in [3.63, 3.8) is 0 Å². The number of thiazole rings is 1. The molecule has 0 bridgehead atoms. The van der Waals surface area contributed by atoms with E-state index in [1.165, 1.54) is 17.4 Å². The fourth-order valence-electron chi connectivity index (χ4n) is 2.27. The third kappa shape index (κ3) is 6.63. The van der Waals surface area contributed by atoms with Crippen molar-refractivity contribution in [1.29, 1.82) is 0 Å². The molecule has 0 aliphatic rings. The van der Waals surface area contributed by atoms with E-state index < -0.39 is 23.5 Å². The van der Waals surface area contributed by atoms with Gasteiger partial charge in [-0.25, -0.2) is 13.8 Å². The Balaban J connectivity index is 1.91. The molecule has 1 amide bonds. The molecule has 1 aromatic carbocycles. The number of amides is 1. The molecule has 2 aromatic rings. The van der Waals surface area contributed by atoms with Crippen LogP contribution < -0.4 is 5.32 Å². The summed E-state index contributed by atoms with van der Waals surface area (Å²) in [4.78, 5) is 18.0. The van der Waals surface area contributed by atoms with E-state index in [1.54, 1.807) is 31.1 Å². The summed E-state index contributed by atoms with van der Waals surface area (Å²) in [6.45, 7) is 1.65. The number of carbonyl (C=O) groups is 1. The molecular formula is C19H22ClF2N3O2S. The Hall–Kier alpha value is -1.87. The van der Waals surface area contributed by atoms with Gasteiger partial charge in [-0.3, -0.25) is 9.69 Å². The number of allylic oxidation sites excluding steroid dienone is 2. The van der Waals surface area contributed by atoms with Crippen LogP contribution in [0.15, 0.2) is 41.8 Å². The van der Waals surface area contributed by atoms with E-state index in [0.29, 0.717) is 5.02 Å². The van der Waals surface area contributed by atoms with Crippen molar-refractivity contribution >= 4 is 39.1 Å². The molecule has 0 fully saturated rings. The van der Waals surface area contributed by atoms with Gasteiger partial charge in [-0.2, -0.15) is 0 Å². The first kappa shape index (κ1) is 22.4. The van der Waals surface area contributed by atoms with Crippen LogP contribution in [0.4, 0.5) is 8.78 Å². The Morgan fingerprint density at radius 2 is 2.21 bits per heavy atom. The highest BCUT2D eigenvalue weighted by Gasteiger charge is 2.20. The standard InChI is InChI=1S/C19H22ClF2N3O2S/c1-12(21)18(19(26)23-11-25(2)3)14(22)5-4-8-27-10-17-24-15-9-13(20)6-7-16(15)28-17/h4-7,9,12H,8,10-11H2,1-3H3,(H,23,26). The number of halogens is 3. The minimum absolute atomic E-state index is 0.0946. The molecule has 0 saturated carbocycles. The molecule has 152 valence electrons. The number of ether oxygens (including phenoxy) is 1. The summed E-state index contributed by atoms with van der Waals surface area (Å²) in [6, 6.07) is 5.46. The Kier molecular flexibility index (Phi) is 8.50. The number of benzene rings is 1. The molecule has 5 nitrogen and oxygen atoms in total. The SMILES string of the molecule is CC(F)C(C(=O)NCN(C)C)=C(F)C=CCOCc1nc2cc(Cl)ccc2s1. The summed E-state index contributed by atoms with van der Waals surface area (Å²) >= 11 is 7.42.